The molecule has 1 aliphatic carbocycles. The van der Waals surface area contributed by atoms with Crippen molar-refractivity contribution in [2.24, 2.45) is 5.92 Å². The van der Waals surface area contributed by atoms with E-state index >= 15 is 0 Å². The van der Waals surface area contributed by atoms with Gasteiger partial charge in [0.15, 0.2) is 0 Å². The largest absolute Gasteiger partial charge is 0.371 e. The van der Waals surface area contributed by atoms with Gasteiger partial charge in [0.1, 0.15) is 0 Å². The number of amides is 2. The standard InChI is InChI=1S/C22H33N3O3/c1-4-5-6-19-13-25(14-20(28-19)16-7-8-16)22(27)17-9-11-18(12-10-17)23-21(26)15-24(2)3/h9-12,16,19-20H,4-8,13-15H2,1-3H3,(H,23,26)/t19-,20-/m1/s1. The van der Waals surface area contributed by atoms with Crippen LogP contribution in [0.15, 0.2) is 24.3 Å². The maximum atomic E-state index is 13.1. The molecule has 2 fully saturated rings. The smallest absolute Gasteiger partial charge is 0.254 e. The fourth-order valence-corrected chi connectivity index (χ4v) is 3.72. The minimum absolute atomic E-state index is 0.0571. The van der Waals surface area contributed by atoms with Crippen LogP contribution in [-0.4, -0.2) is 67.6 Å². The van der Waals surface area contributed by atoms with E-state index in [0.29, 0.717) is 36.8 Å². The number of hydrogen-bond donors (Lipinski definition) is 1. The fraction of sp³-hybridized carbons (Fsp3) is 0.636. The molecular weight excluding hydrogens is 354 g/mol. The number of nitrogens with zero attached hydrogens (tertiary/aromatic N) is 2. The molecule has 0 radical (unpaired) electrons. The SMILES string of the molecule is CCCC[C@@H]1CN(C(=O)c2ccc(NC(=O)CN(C)C)cc2)C[C@H](C2CC2)O1. The van der Waals surface area contributed by atoms with Crippen LogP contribution in [0.5, 0.6) is 0 Å². The molecule has 0 spiro atoms. The number of unbranched alkanes of at least 4 members (excludes halogenated alkanes) is 1. The highest BCUT2D eigenvalue weighted by Crippen LogP contribution is 2.37. The van der Waals surface area contributed by atoms with Crippen molar-refractivity contribution >= 4 is 17.5 Å². The van der Waals surface area contributed by atoms with E-state index in [9.17, 15) is 9.59 Å². The third kappa shape index (κ3) is 5.79. The number of ether oxygens (including phenoxy) is 1. The molecule has 0 unspecified atom stereocenters. The zero-order chi connectivity index (χ0) is 20.1. The van der Waals surface area contributed by atoms with Crippen LogP contribution in [0.2, 0.25) is 0 Å². The maximum absolute atomic E-state index is 13.1. The summed E-state index contributed by atoms with van der Waals surface area (Å²) < 4.78 is 6.28. The van der Waals surface area contributed by atoms with Crippen molar-refractivity contribution in [3.05, 3.63) is 29.8 Å². The van der Waals surface area contributed by atoms with E-state index in [1.165, 1.54) is 12.8 Å². The lowest BCUT2D eigenvalue weighted by Crippen LogP contribution is -2.50. The lowest BCUT2D eigenvalue weighted by atomic mass is 10.1. The molecule has 0 bridgehead atoms. The molecule has 1 aliphatic heterocycles. The second-order valence-electron chi connectivity index (χ2n) is 8.35. The van der Waals surface area contributed by atoms with Gasteiger partial charge in [-0.25, -0.2) is 0 Å². The summed E-state index contributed by atoms with van der Waals surface area (Å²) in [4.78, 5) is 28.7. The Morgan fingerprint density at radius 3 is 2.50 bits per heavy atom. The van der Waals surface area contributed by atoms with Crippen LogP contribution < -0.4 is 5.32 Å². The van der Waals surface area contributed by atoms with Gasteiger partial charge in [0, 0.05) is 24.3 Å². The molecule has 2 atom stereocenters. The van der Waals surface area contributed by atoms with Gasteiger partial charge in [-0.1, -0.05) is 19.8 Å². The van der Waals surface area contributed by atoms with Gasteiger partial charge in [-0.2, -0.15) is 0 Å². The highest BCUT2D eigenvalue weighted by Gasteiger charge is 2.39. The normalized spacial score (nSPS) is 22.4. The monoisotopic (exact) mass is 387 g/mol. The van der Waals surface area contributed by atoms with Crippen LogP contribution in [0.4, 0.5) is 5.69 Å². The third-order valence-electron chi connectivity index (χ3n) is 5.38. The molecule has 154 valence electrons. The first-order chi connectivity index (χ1) is 13.5. The van der Waals surface area contributed by atoms with Crippen LogP contribution in [0, 0.1) is 5.92 Å². The number of rotatable bonds is 8. The highest BCUT2D eigenvalue weighted by molar-refractivity contribution is 5.96. The summed E-state index contributed by atoms with van der Waals surface area (Å²) in [5.41, 5.74) is 1.37. The minimum Gasteiger partial charge on any atom is -0.371 e. The molecule has 1 heterocycles. The average molecular weight is 388 g/mol. The number of carbonyl (C=O) groups is 2. The van der Waals surface area contributed by atoms with E-state index in [0.717, 1.165) is 19.3 Å². The molecule has 0 aromatic heterocycles. The Bertz CT molecular complexity index is 670. The molecule has 1 aromatic carbocycles. The van der Waals surface area contributed by atoms with Gasteiger partial charge in [0.2, 0.25) is 5.91 Å². The van der Waals surface area contributed by atoms with Gasteiger partial charge in [0.25, 0.3) is 5.91 Å². The Balaban J connectivity index is 1.62. The van der Waals surface area contributed by atoms with Gasteiger partial charge < -0.3 is 19.9 Å². The summed E-state index contributed by atoms with van der Waals surface area (Å²) in [6, 6.07) is 7.20. The zero-order valence-electron chi connectivity index (χ0n) is 17.3. The van der Waals surface area contributed by atoms with Crippen molar-refractivity contribution in [2.45, 2.75) is 51.2 Å². The van der Waals surface area contributed by atoms with E-state index in [4.69, 9.17) is 4.74 Å². The van der Waals surface area contributed by atoms with Gasteiger partial charge >= 0.3 is 0 Å². The number of anilines is 1. The van der Waals surface area contributed by atoms with Crippen molar-refractivity contribution in [2.75, 3.05) is 39.0 Å². The molecule has 2 amide bonds. The summed E-state index contributed by atoms with van der Waals surface area (Å²) in [6.07, 6.45) is 6.05. The van der Waals surface area contributed by atoms with E-state index in [2.05, 4.69) is 12.2 Å². The molecule has 6 nitrogen and oxygen atoms in total. The molecule has 3 rings (SSSR count). The molecule has 6 heteroatoms. The zero-order valence-corrected chi connectivity index (χ0v) is 17.3. The number of nitrogens with one attached hydrogen (secondary N) is 1. The second-order valence-corrected chi connectivity index (χ2v) is 8.35. The Labute approximate surface area is 168 Å². The quantitative estimate of drug-likeness (QED) is 0.745. The molecule has 2 aliphatic rings. The number of hydrogen-bond acceptors (Lipinski definition) is 4. The second kappa shape index (κ2) is 9.52. The lowest BCUT2D eigenvalue weighted by Gasteiger charge is -2.38. The number of benzene rings is 1. The molecule has 1 saturated heterocycles. The van der Waals surface area contributed by atoms with Crippen LogP contribution in [0.3, 0.4) is 0 Å². The fourth-order valence-electron chi connectivity index (χ4n) is 3.72. The molecule has 28 heavy (non-hydrogen) atoms. The first-order valence-electron chi connectivity index (χ1n) is 10.5. The molecule has 1 saturated carbocycles. The van der Waals surface area contributed by atoms with Crippen LogP contribution >= 0.6 is 0 Å². The molecular formula is C22H33N3O3. The lowest BCUT2D eigenvalue weighted by molar-refractivity contribution is -0.116. The van der Waals surface area contributed by atoms with Gasteiger partial charge in [0.05, 0.1) is 18.8 Å². The predicted octanol–water partition coefficient (Wildman–Crippen LogP) is 3.00. The number of morpholine rings is 1. The van der Waals surface area contributed by atoms with Crippen LogP contribution in [0.1, 0.15) is 49.4 Å². The van der Waals surface area contributed by atoms with Crippen LogP contribution in [-0.2, 0) is 9.53 Å². The van der Waals surface area contributed by atoms with Gasteiger partial charge in [-0.3, -0.25) is 9.59 Å². The number of likely N-dealkylation sites (N-methyl/N-ethyl adjacent to an activating group) is 1. The summed E-state index contributed by atoms with van der Waals surface area (Å²) in [5.74, 6) is 0.610. The first kappa shape index (κ1) is 20.8. The maximum Gasteiger partial charge on any atom is 0.254 e. The van der Waals surface area contributed by atoms with E-state index in [1.54, 1.807) is 24.3 Å². The highest BCUT2D eigenvalue weighted by atomic mass is 16.5. The summed E-state index contributed by atoms with van der Waals surface area (Å²) in [6.45, 7) is 3.87. The predicted molar refractivity (Wildman–Crippen MR) is 110 cm³/mol. The molecule has 1 aromatic rings. The van der Waals surface area contributed by atoms with E-state index < -0.39 is 0 Å². The Morgan fingerprint density at radius 2 is 1.89 bits per heavy atom. The van der Waals surface area contributed by atoms with Gasteiger partial charge in [-0.15, -0.1) is 0 Å². The average Bonchev–Trinajstić information content (AvgIpc) is 3.51. The van der Waals surface area contributed by atoms with Crippen molar-refractivity contribution in [1.82, 2.24) is 9.80 Å². The van der Waals surface area contributed by atoms with Crippen molar-refractivity contribution in [3.8, 4) is 0 Å². The van der Waals surface area contributed by atoms with E-state index in [-0.39, 0.29) is 24.0 Å². The van der Waals surface area contributed by atoms with Crippen molar-refractivity contribution in [3.63, 3.8) is 0 Å². The van der Waals surface area contributed by atoms with Gasteiger partial charge in [-0.05, 0) is 63.5 Å². The summed E-state index contributed by atoms with van der Waals surface area (Å²) in [7, 11) is 3.71. The topological polar surface area (TPSA) is 61.9 Å². The Hall–Kier alpha value is -1.92. The van der Waals surface area contributed by atoms with E-state index in [1.807, 2.05) is 23.9 Å². The van der Waals surface area contributed by atoms with Crippen molar-refractivity contribution in [1.29, 1.82) is 0 Å². The minimum atomic E-state index is -0.0664. The van der Waals surface area contributed by atoms with Crippen molar-refractivity contribution < 1.29 is 14.3 Å². The summed E-state index contributed by atoms with van der Waals surface area (Å²) >= 11 is 0. The molecule has 1 N–H and O–H groups in total. The Morgan fingerprint density at radius 1 is 1.18 bits per heavy atom. The van der Waals surface area contributed by atoms with Crippen LogP contribution in [0.25, 0.3) is 0 Å². The number of carbonyl (C=O) groups excluding carboxylic acids is 2. The first-order valence-corrected chi connectivity index (χ1v) is 10.5. The third-order valence-corrected chi connectivity index (χ3v) is 5.38. The Kier molecular flexibility index (Phi) is 7.08. The summed E-state index contributed by atoms with van der Waals surface area (Å²) in [5, 5.41) is 2.85.